The Morgan fingerprint density at radius 1 is 0.889 bits per heavy atom. The molecule has 1 N–H and O–H groups in total. The van der Waals surface area contributed by atoms with Crippen LogP contribution in [-0.4, -0.2) is 12.6 Å². The third kappa shape index (κ3) is 7.82. The molecule has 0 saturated heterocycles. The largest absolute Gasteiger partial charge is 0.493 e. The highest BCUT2D eigenvalue weighted by molar-refractivity contribution is 5.85. The van der Waals surface area contributed by atoms with Gasteiger partial charge in [-0.15, -0.1) is 12.4 Å². The van der Waals surface area contributed by atoms with Crippen molar-refractivity contribution < 1.29 is 9.47 Å². The molecule has 2 aromatic carbocycles. The topological polar surface area (TPSA) is 30.5 Å². The van der Waals surface area contributed by atoms with E-state index in [2.05, 4.69) is 58.1 Å². The average molecular weight is 392 g/mol. The molecule has 2 aromatic rings. The van der Waals surface area contributed by atoms with Crippen molar-refractivity contribution in [3.8, 4) is 11.5 Å². The zero-order chi connectivity index (χ0) is 19.2. The predicted molar refractivity (Wildman–Crippen MR) is 116 cm³/mol. The fourth-order valence-corrected chi connectivity index (χ4v) is 3.48. The SMILES string of the molecule is COc1cccc(CNC(C)(C)CC(C)(C)C)c1OCc1ccccc1.Cl. The van der Waals surface area contributed by atoms with Crippen molar-refractivity contribution >= 4 is 12.4 Å². The molecule has 0 bridgehead atoms. The highest BCUT2D eigenvalue weighted by Gasteiger charge is 2.25. The van der Waals surface area contributed by atoms with Crippen molar-refractivity contribution in [2.24, 2.45) is 5.41 Å². The first-order valence-corrected chi connectivity index (χ1v) is 9.28. The molecule has 0 spiro atoms. The molecule has 2 rings (SSSR count). The zero-order valence-electron chi connectivity index (χ0n) is 17.5. The van der Waals surface area contributed by atoms with Gasteiger partial charge in [0.25, 0.3) is 0 Å². The number of hydrogen-bond donors (Lipinski definition) is 1. The Hall–Kier alpha value is -1.71. The Kier molecular flexibility index (Phi) is 8.64. The minimum atomic E-state index is 0. The van der Waals surface area contributed by atoms with Gasteiger partial charge in [0.2, 0.25) is 0 Å². The van der Waals surface area contributed by atoms with Crippen molar-refractivity contribution in [2.75, 3.05) is 7.11 Å². The third-order valence-electron chi connectivity index (χ3n) is 4.24. The fourth-order valence-electron chi connectivity index (χ4n) is 3.48. The molecule has 0 heterocycles. The number of ether oxygens (including phenoxy) is 2. The third-order valence-corrected chi connectivity index (χ3v) is 4.24. The van der Waals surface area contributed by atoms with Gasteiger partial charge < -0.3 is 14.8 Å². The van der Waals surface area contributed by atoms with E-state index >= 15 is 0 Å². The Labute approximate surface area is 170 Å². The molecule has 27 heavy (non-hydrogen) atoms. The van der Waals surface area contributed by atoms with Gasteiger partial charge in [0, 0.05) is 17.6 Å². The van der Waals surface area contributed by atoms with E-state index in [1.165, 1.54) is 0 Å². The van der Waals surface area contributed by atoms with Crippen LogP contribution >= 0.6 is 12.4 Å². The van der Waals surface area contributed by atoms with Gasteiger partial charge in [0.05, 0.1) is 7.11 Å². The van der Waals surface area contributed by atoms with Crippen molar-refractivity contribution in [1.82, 2.24) is 5.32 Å². The molecule has 0 amide bonds. The van der Waals surface area contributed by atoms with Crippen LogP contribution in [0.15, 0.2) is 48.5 Å². The van der Waals surface area contributed by atoms with Crippen LogP contribution in [0.25, 0.3) is 0 Å². The summed E-state index contributed by atoms with van der Waals surface area (Å²) in [4.78, 5) is 0. The number of methoxy groups -OCH3 is 1. The molecular weight excluding hydrogens is 358 g/mol. The lowest BCUT2D eigenvalue weighted by molar-refractivity contribution is 0.237. The average Bonchev–Trinajstić information content (AvgIpc) is 2.57. The number of para-hydroxylation sites is 1. The van der Waals surface area contributed by atoms with Gasteiger partial charge in [0.15, 0.2) is 11.5 Å². The smallest absolute Gasteiger partial charge is 0.166 e. The molecule has 3 nitrogen and oxygen atoms in total. The molecule has 0 aliphatic carbocycles. The quantitative estimate of drug-likeness (QED) is 0.598. The van der Waals surface area contributed by atoms with E-state index in [1.807, 2.05) is 30.3 Å². The molecule has 0 saturated carbocycles. The second-order valence-electron chi connectivity index (χ2n) is 8.70. The Balaban J connectivity index is 0.00000364. The Morgan fingerprint density at radius 2 is 1.56 bits per heavy atom. The fraction of sp³-hybridized carbons (Fsp3) is 0.478. The standard InChI is InChI=1S/C23H33NO2.ClH/c1-22(2,3)17-23(4,5)24-15-19-13-10-14-20(25-6)21(19)26-16-18-11-8-7-9-12-18;/h7-14,24H,15-17H2,1-6H3;1H. The maximum Gasteiger partial charge on any atom is 0.166 e. The van der Waals surface area contributed by atoms with E-state index in [4.69, 9.17) is 9.47 Å². The van der Waals surface area contributed by atoms with Crippen LogP contribution in [-0.2, 0) is 13.2 Å². The van der Waals surface area contributed by atoms with E-state index in [0.717, 1.165) is 35.6 Å². The summed E-state index contributed by atoms with van der Waals surface area (Å²) in [5, 5.41) is 3.69. The minimum Gasteiger partial charge on any atom is -0.493 e. The first kappa shape index (κ1) is 23.3. The van der Waals surface area contributed by atoms with Crippen LogP contribution in [0, 0.1) is 5.41 Å². The van der Waals surface area contributed by atoms with Crippen molar-refractivity contribution in [2.45, 2.75) is 59.7 Å². The summed E-state index contributed by atoms with van der Waals surface area (Å²) in [6.07, 6.45) is 1.09. The first-order chi connectivity index (χ1) is 12.2. The van der Waals surface area contributed by atoms with Gasteiger partial charge in [-0.25, -0.2) is 0 Å². The summed E-state index contributed by atoms with van der Waals surface area (Å²) in [6.45, 7) is 12.6. The number of halogens is 1. The molecule has 0 atom stereocenters. The van der Waals surface area contributed by atoms with E-state index in [1.54, 1.807) is 7.11 Å². The molecule has 0 aliphatic heterocycles. The molecule has 150 valence electrons. The molecule has 0 fully saturated rings. The highest BCUT2D eigenvalue weighted by atomic mass is 35.5. The van der Waals surface area contributed by atoms with E-state index in [0.29, 0.717) is 6.61 Å². The maximum absolute atomic E-state index is 6.15. The number of rotatable bonds is 8. The van der Waals surface area contributed by atoms with Crippen molar-refractivity contribution in [3.05, 3.63) is 59.7 Å². The van der Waals surface area contributed by atoms with E-state index in [9.17, 15) is 0 Å². The Morgan fingerprint density at radius 3 is 2.15 bits per heavy atom. The van der Waals surface area contributed by atoms with Gasteiger partial charge >= 0.3 is 0 Å². The van der Waals surface area contributed by atoms with Gasteiger partial charge in [0.1, 0.15) is 6.61 Å². The summed E-state index contributed by atoms with van der Waals surface area (Å²) >= 11 is 0. The van der Waals surface area contributed by atoms with Gasteiger partial charge in [-0.2, -0.15) is 0 Å². The second kappa shape index (κ2) is 10.0. The van der Waals surface area contributed by atoms with Crippen LogP contribution in [0.5, 0.6) is 11.5 Å². The number of hydrogen-bond acceptors (Lipinski definition) is 3. The lowest BCUT2D eigenvalue weighted by Gasteiger charge is -2.33. The van der Waals surface area contributed by atoms with Crippen molar-refractivity contribution in [3.63, 3.8) is 0 Å². The van der Waals surface area contributed by atoms with E-state index < -0.39 is 0 Å². The number of nitrogens with one attached hydrogen (secondary N) is 1. The maximum atomic E-state index is 6.15. The molecule has 4 heteroatoms. The van der Waals surface area contributed by atoms with E-state index in [-0.39, 0.29) is 23.4 Å². The predicted octanol–water partition coefficient (Wildman–Crippen LogP) is 6.00. The minimum absolute atomic E-state index is 0. The Bertz CT molecular complexity index is 693. The molecule has 0 unspecified atom stereocenters. The summed E-state index contributed by atoms with van der Waals surface area (Å²) in [6, 6.07) is 16.3. The van der Waals surface area contributed by atoms with Crippen LogP contribution in [0.4, 0.5) is 0 Å². The monoisotopic (exact) mass is 391 g/mol. The number of benzene rings is 2. The van der Waals surface area contributed by atoms with Crippen LogP contribution in [0.1, 0.15) is 52.2 Å². The van der Waals surface area contributed by atoms with Crippen molar-refractivity contribution in [1.29, 1.82) is 0 Å². The lowest BCUT2D eigenvalue weighted by Crippen LogP contribution is -2.41. The summed E-state index contributed by atoms with van der Waals surface area (Å²) < 4.78 is 11.7. The van der Waals surface area contributed by atoms with Crippen LogP contribution < -0.4 is 14.8 Å². The van der Waals surface area contributed by atoms with Gasteiger partial charge in [-0.05, 0) is 37.3 Å². The van der Waals surface area contributed by atoms with Gasteiger partial charge in [-0.3, -0.25) is 0 Å². The molecule has 0 radical (unpaired) electrons. The first-order valence-electron chi connectivity index (χ1n) is 9.28. The summed E-state index contributed by atoms with van der Waals surface area (Å²) in [5.74, 6) is 1.59. The summed E-state index contributed by atoms with van der Waals surface area (Å²) in [5.41, 5.74) is 2.57. The highest BCUT2D eigenvalue weighted by Crippen LogP contribution is 2.33. The zero-order valence-corrected chi connectivity index (χ0v) is 18.3. The normalized spacial score (nSPS) is 11.6. The summed E-state index contributed by atoms with van der Waals surface area (Å²) in [7, 11) is 1.69. The molecular formula is C23H34ClNO2. The lowest BCUT2D eigenvalue weighted by atomic mass is 9.82. The van der Waals surface area contributed by atoms with Crippen LogP contribution in [0.3, 0.4) is 0 Å². The van der Waals surface area contributed by atoms with Gasteiger partial charge in [-0.1, -0.05) is 63.2 Å². The molecule has 0 aliphatic rings. The van der Waals surface area contributed by atoms with Crippen LogP contribution in [0.2, 0.25) is 0 Å². The second-order valence-corrected chi connectivity index (χ2v) is 8.70. The molecule has 0 aromatic heterocycles.